The quantitative estimate of drug-likeness (QED) is 0.903. The molecule has 1 N–H and O–H groups in total. The topological polar surface area (TPSA) is 34.1 Å². The number of nitrogens with one attached hydrogen (secondary N) is 1. The lowest BCUT2D eigenvalue weighted by Gasteiger charge is -2.09. The first-order valence-corrected chi connectivity index (χ1v) is 7.10. The third-order valence-electron chi connectivity index (χ3n) is 3.72. The molecule has 1 aliphatic carbocycles. The number of methoxy groups -OCH3 is 1. The minimum atomic E-state index is 0.729. The van der Waals surface area contributed by atoms with Gasteiger partial charge >= 0.3 is 0 Å². The number of hydrogen-bond acceptors (Lipinski definition) is 3. The molecule has 0 spiro atoms. The lowest BCUT2D eigenvalue weighted by atomic mass is 10.1. The van der Waals surface area contributed by atoms with Gasteiger partial charge in [0, 0.05) is 23.8 Å². The Morgan fingerprint density at radius 1 is 1.25 bits per heavy atom. The second-order valence-corrected chi connectivity index (χ2v) is 5.33. The molecular weight excluding hydrogens is 248 g/mol. The molecule has 1 fully saturated rings. The van der Waals surface area contributed by atoms with Crippen molar-refractivity contribution in [3.63, 3.8) is 0 Å². The Balaban J connectivity index is 1.80. The van der Waals surface area contributed by atoms with E-state index in [2.05, 4.69) is 30.4 Å². The van der Waals surface area contributed by atoms with E-state index in [-0.39, 0.29) is 0 Å². The molecule has 104 valence electrons. The summed E-state index contributed by atoms with van der Waals surface area (Å²) in [6.45, 7) is 3.00. The maximum Gasteiger partial charge on any atom is 0.119 e. The highest BCUT2D eigenvalue weighted by molar-refractivity contribution is 5.61. The van der Waals surface area contributed by atoms with Crippen molar-refractivity contribution in [1.29, 1.82) is 0 Å². The number of benzene rings is 1. The van der Waals surface area contributed by atoms with E-state index in [9.17, 15) is 0 Å². The number of aryl methyl sites for hydroxylation is 1. The van der Waals surface area contributed by atoms with Crippen LogP contribution in [0.2, 0.25) is 0 Å². The molecule has 3 heteroatoms. The second kappa shape index (κ2) is 5.63. The predicted molar refractivity (Wildman–Crippen MR) is 80.8 cm³/mol. The molecule has 1 aromatic heterocycles. The van der Waals surface area contributed by atoms with Gasteiger partial charge in [-0.2, -0.15) is 0 Å². The number of pyridine rings is 1. The molecule has 1 heterocycles. The summed E-state index contributed by atoms with van der Waals surface area (Å²) in [7, 11) is 1.68. The molecule has 20 heavy (non-hydrogen) atoms. The van der Waals surface area contributed by atoms with Crippen LogP contribution in [0.4, 0.5) is 0 Å². The highest BCUT2D eigenvalue weighted by Crippen LogP contribution is 2.24. The van der Waals surface area contributed by atoms with Crippen LogP contribution < -0.4 is 10.1 Å². The Morgan fingerprint density at radius 3 is 2.80 bits per heavy atom. The SMILES string of the molecule is COc1cccc(-c2ccc(CNC3CC3)c(C)n2)c1. The Labute approximate surface area is 120 Å². The van der Waals surface area contributed by atoms with Gasteiger partial charge in [-0.3, -0.25) is 4.98 Å². The first kappa shape index (κ1) is 13.1. The van der Waals surface area contributed by atoms with Crippen LogP contribution in [0.5, 0.6) is 5.75 Å². The van der Waals surface area contributed by atoms with Crippen LogP contribution in [0.25, 0.3) is 11.3 Å². The minimum absolute atomic E-state index is 0.729. The van der Waals surface area contributed by atoms with E-state index < -0.39 is 0 Å². The fourth-order valence-electron chi connectivity index (χ4n) is 2.26. The van der Waals surface area contributed by atoms with Crippen LogP contribution in [0, 0.1) is 6.92 Å². The molecule has 0 atom stereocenters. The summed E-state index contributed by atoms with van der Waals surface area (Å²) in [5.74, 6) is 0.862. The Hall–Kier alpha value is -1.87. The van der Waals surface area contributed by atoms with E-state index in [0.717, 1.165) is 35.3 Å². The van der Waals surface area contributed by atoms with E-state index in [4.69, 9.17) is 9.72 Å². The molecule has 1 aromatic carbocycles. The number of nitrogens with zero attached hydrogens (tertiary/aromatic N) is 1. The van der Waals surface area contributed by atoms with E-state index in [1.807, 2.05) is 18.2 Å². The number of rotatable bonds is 5. The average Bonchev–Trinajstić information content (AvgIpc) is 3.30. The zero-order valence-electron chi connectivity index (χ0n) is 12.0. The minimum Gasteiger partial charge on any atom is -0.497 e. The number of aromatic nitrogens is 1. The van der Waals surface area contributed by atoms with Gasteiger partial charge in [0.25, 0.3) is 0 Å². The standard InChI is InChI=1S/C17H20N2O/c1-12-14(11-18-15-7-8-15)6-9-17(19-12)13-4-3-5-16(10-13)20-2/h3-6,9-10,15,18H,7-8,11H2,1-2H3. The molecule has 0 saturated heterocycles. The van der Waals surface area contributed by atoms with Gasteiger partial charge < -0.3 is 10.1 Å². The summed E-state index contributed by atoms with van der Waals surface area (Å²) >= 11 is 0. The smallest absolute Gasteiger partial charge is 0.119 e. The van der Waals surface area contributed by atoms with Gasteiger partial charge in [-0.05, 0) is 43.5 Å². The third kappa shape index (κ3) is 2.99. The van der Waals surface area contributed by atoms with Crippen molar-refractivity contribution in [2.45, 2.75) is 32.4 Å². The van der Waals surface area contributed by atoms with Gasteiger partial charge in [-0.1, -0.05) is 18.2 Å². The van der Waals surface area contributed by atoms with Crippen molar-refractivity contribution in [3.05, 3.63) is 47.7 Å². The molecule has 0 aliphatic heterocycles. The van der Waals surface area contributed by atoms with Crippen LogP contribution in [0.3, 0.4) is 0 Å². The molecule has 1 saturated carbocycles. The van der Waals surface area contributed by atoms with Crippen molar-refractivity contribution in [1.82, 2.24) is 10.3 Å². The average molecular weight is 268 g/mol. The maximum absolute atomic E-state index is 5.26. The van der Waals surface area contributed by atoms with Crippen LogP contribution in [0.15, 0.2) is 36.4 Å². The molecule has 0 bridgehead atoms. The third-order valence-corrected chi connectivity index (χ3v) is 3.72. The monoisotopic (exact) mass is 268 g/mol. The summed E-state index contributed by atoms with van der Waals surface area (Å²) in [4.78, 5) is 4.72. The van der Waals surface area contributed by atoms with Gasteiger partial charge in [0.2, 0.25) is 0 Å². The second-order valence-electron chi connectivity index (χ2n) is 5.33. The molecule has 0 amide bonds. The Bertz CT molecular complexity index is 606. The highest BCUT2D eigenvalue weighted by atomic mass is 16.5. The largest absolute Gasteiger partial charge is 0.497 e. The van der Waals surface area contributed by atoms with Crippen LogP contribution in [-0.2, 0) is 6.54 Å². The maximum atomic E-state index is 5.26. The Kier molecular flexibility index (Phi) is 3.70. The molecule has 3 rings (SSSR count). The molecule has 1 aliphatic rings. The van der Waals surface area contributed by atoms with Crippen molar-refractivity contribution >= 4 is 0 Å². The van der Waals surface area contributed by atoms with E-state index >= 15 is 0 Å². The van der Waals surface area contributed by atoms with Crippen molar-refractivity contribution in [2.24, 2.45) is 0 Å². The number of hydrogen-bond donors (Lipinski definition) is 1. The lowest BCUT2D eigenvalue weighted by molar-refractivity contribution is 0.415. The van der Waals surface area contributed by atoms with Crippen LogP contribution in [0.1, 0.15) is 24.1 Å². The molecule has 0 radical (unpaired) electrons. The summed E-state index contributed by atoms with van der Waals surface area (Å²) in [6.07, 6.45) is 2.63. The summed E-state index contributed by atoms with van der Waals surface area (Å²) in [5.41, 5.74) is 4.47. The van der Waals surface area contributed by atoms with Crippen LogP contribution >= 0.6 is 0 Å². The van der Waals surface area contributed by atoms with Crippen molar-refractivity contribution < 1.29 is 4.74 Å². The van der Waals surface area contributed by atoms with Gasteiger partial charge in [-0.25, -0.2) is 0 Å². The zero-order valence-corrected chi connectivity index (χ0v) is 12.0. The summed E-state index contributed by atoms with van der Waals surface area (Å²) in [5, 5.41) is 3.53. The Morgan fingerprint density at radius 2 is 2.10 bits per heavy atom. The van der Waals surface area contributed by atoms with E-state index in [0.29, 0.717) is 0 Å². The molecule has 3 nitrogen and oxygen atoms in total. The van der Waals surface area contributed by atoms with Crippen molar-refractivity contribution in [3.8, 4) is 17.0 Å². The van der Waals surface area contributed by atoms with E-state index in [1.165, 1.54) is 18.4 Å². The normalized spacial score (nSPS) is 14.3. The predicted octanol–water partition coefficient (Wildman–Crippen LogP) is 3.32. The fourth-order valence-corrected chi connectivity index (χ4v) is 2.26. The van der Waals surface area contributed by atoms with Gasteiger partial charge in [-0.15, -0.1) is 0 Å². The van der Waals surface area contributed by atoms with Gasteiger partial charge in [0.05, 0.1) is 12.8 Å². The number of ether oxygens (including phenoxy) is 1. The molecule has 2 aromatic rings. The van der Waals surface area contributed by atoms with Crippen molar-refractivity contribution in [2.75, 3.05) is 7.11 Å². The van der Waals surface area contributed by atoms with Gasteiger partial charge in [0.15, 0.2) is 0 Å². The first-order valence-electron chi connectivity index (χ1n) is 7.10. The lowest BCUT2D eigenvalue weighted by Crippen LogP contribution is -2.16. The molecular formula is C17H20N2O. The first-order chi connectivity index (χ1) is 9.76. The summed E-state index contributed by atoms with van der Waals surface area (Å²) < 4.78 is 5.26. The van der Waals surface area contributed by atoms with E-state index in [1.54, 1.807) is 7.11 Å². The fraction of sp³-hybridized carbons (Fsp3) is 0.353. The highest BCUT2D eigenvalue weighted by Gasteiger charge is 2.20. The summed E-state index contributed by atoms with van der Waals surface area (Å²) in [6, 6.07) is 13.0. The van der Waals surface area contributed by atoms with Gasteiger partial charge in [0.1, 0.15) is 5.75 Å². The van der Waals surface area contributed by atoms with Crippen LogP contribution in [-0.4, -0.2) is 18.1 Å². The zero-order chi connectivity index (χ0) is 13.9. The molecule has 0 unspecified atom stereocenters.